The van der Waals surface area contributed by atoms with Gasteiger partial charge < -0.3 is 9.88 Å². The van der Waals surface area contributed by atoms with Crippen LogP contribution in [0, 0.1) is 0 Å². The van der Waals surface area contributed by atoms with E-state index in [0.29, 0.717) is 12.1 Å². The predicted octanol–water partition coefficient (Wildman–Crippen LogP) is 4.63. The fraction of sp³-hybridized carbons (Fsp3) is 0.364. The number of thiazole rings is 1. The standard InChI is InChI=1S/C22H25N7OS/c1-13(6-18(30)15-7-17-16(10-23-15)27-12-29(17)5)19-11-26-21(31-19)28-14-8-24-20(25-9-14)22(2,3)4/h7-13H,6H2,1-5H3,(H,26,28)/t13-/m0/s1. The summed E-state index contributed by atoms with van der Waals surface area (Å²) in [5.41, 5.74) is 2.83. The first-order valence-corrected chi connectivity index (χ1v) is 10.9. The highest BCUT2D eigenvalue weighted by molar-refractivity contribution is 7.15. The van der Waals surface area contributed by atoms with Crippen molar-refractivity contribution in [1.29, 1.82) is 0 Å². The molecule has 4 aromatic rings. The molecule has 1 N–H and O–H groups in total. The van der Waals surface area contributed by atoms with Crippen LogP contribution in [0.1, 0.15) is 61.2 Å². The van der Waals surface area contributed by atoms with Gasteiger partial charge in [-0.15, -0.1) is 11.3 Å². The summed E-state index contributed by atoms with van der Waals surface area (Å²) in [7, 11) is 1.90. The highest BCUT2D eigenvalue weighted by Gasteiger charge is 2.19. The van der Waals surface area contributed by atoms with Crippen molar-refractivity contribution in [1.82, 2.24) is 29.5 Å². The summed E-state index contributed by atoms with van der Waals surface area (Å²) in [5.74, 6) is 0.830. The molecule has 0 saturated heterocycles. The number of fused-ring (bicyclic) bond motifs is 1. The molecule has 0 aliphatic carbocycles. The van der Waals surface area contributed by atoms with Gasteiger partial charge in [0.2, 0.25) is 0 Å². The van der Waals surface area contributed by atoms with Gasteiger partial charge in [-0.05, 0) is 12.0 Å². The minimum Gasteiger partial charge on any atom is -0.334 e. The van der Waals surface area contributed by atoms with Crippen molar-refractivity contribution < 1.29 is 4.79 Å². The van der Waals surface area contributed by atoms with Gasteiger partial charge in [0.05, 0.1) is 36.1 Å². The number of hydrogen-bond acceptors (Lipinski definition) is 8. The van der Waals surface area contributed by atoms with E-state index in [-0.39, 0.29) is 17.1 Å². The summed E-state index contributed by atoms with van der Waals surface area (Å²) in [4.78, 5) is 35.6. The Bertz CT molecular complexity index is 1220. The molecule has 0 aliphatic heterocycles. The Morgan fingerprint density at radius 3 is 2.55 bits per heavy atom. The first-order valence-electron chi connectivity index (χ1n) is 10.1. The Morgan fingerprint density at radius 1 is 1.10 bits per heavy atom. The topological polar surface area (TPSA) is 98.5 Å². The number of carbonyl (C=O) groups is 1. The van der Waals surface area contributed by atoms with Crippen molar-refractivity contribution in [2.75, 3.05) is 5.32 Å². The molecule has 0 unspecified atom stereocenters. The van der Waals surface area contributed by atoms with E-state index in [1.165, 1.54) is 11.3 Å². The molecule has 4 rings (SSSR count). The molecule has 31 heavy (non-hydrogen) atoms. The zero-order valence-electron chi connectivity index (χ0n) is 18.2. The van der Waals surface area contributed by atoms with Gasteiger partial charge in [-0.25, -0.2) is 19.9 Å². The maximum absolute atomic E-state index is 12.8. The minimum absolute atomic E-state index is 0.00433. The molecular formula is C22H25N7OS. The van der Waals surface area contributed by atoms with Crippen molar-refractivity contribution in [3.8, 4) is 0 Å². The average Bonchev–Trinajstić information content (AvgIpc) is 3.34. The summed E-state index contributed by atoms with van der Waals surface area (Å²) >= 11 is 1.52. The number of imidazole rings is 1. The summed E-state index contributed by atoms with van der Waals surface area (Å²) in [6, 6.07) is 1.80. The second-order valence-corrected chi connectivity index (χ2v) is 9.74. The zero-order valence-corrected chi connectivity index (χ0v) is 19.1. The molecule has 8 nitrogen and oxygen atoms in total. The number of aryl methyl sites for hydroxylation is 1. The number of pyridine rings is 1. The van der Waals surface area contributed by atoms with E-state index in [9.17, 15) is 4.79 Å². The van der Waals surface area contributed by atoms with Crippen LogP contribution in [-0.2, 0) is 12.5 Å². The fourth-order valence-electron chi connectivity index (χ4n) is 3.14. The van der Waals surface area contributed by atoms with E-state index in [4.69, 9.17) is 0 Å². The first-order chi connectivity index (χ1) is 14.7. The molecule has 0 amide bonds. The molecule has 0 bridgehead atoms. The van der Waals surface area contributed by atoms with Gasteiger partial charge in [0, 0.05) is 30.0 Å². The molecule has 0 spiro atoms. The second-order valence-electron chi connectivity index (χ2n) is 8.68. The van der Waals surface area contributed by atoms with Gasteiger partial charge in [-0.1, -0.05) is 27.7 Å². The summed E-state index contributed by atoms with van der Waals surface area (Å²) in [6.45, 7) is 8.26. The van der Waals surface area contributed by atoms with E-state index in [1.807, 2.05) is 24.7 Å². The number of Topliss-reactive ketones (excluding diaryl/α,β-unsaturated/α-hetero) is 1. The van der Waals surface area contributed by atoms with Gasteiger partial charge in [-0.2, -0.15) is 0 Å². The number of hydrogen-bond donors (Lipinski definition) is 1. The lowest BCUT2D eigenvalue weighted by molar-refractivity contribution is 0.0971. The molecule has 4 aromatic heterocycles. The number of rotatable bonds is 6. The maximum atomic E-state index is 12.8. The third-order valence-electron chi connectivity index (χ3n) is 4.97. The predicted molar refractivity (Wildman–Crippen MR) is 122 cm³/mol. The first kappa shape index (κ1) is 21.0. The van der Waals surface area contributed by atoms with Crippen LogP contribution in [0.2, 0.25) is 0 Å². The van der Waals surface area contributed by atoms with Gasteiger partial charge in [0.25, 0.3) is 0 Å². The highest BCUT2D eigenvalue weighted by Crippen LogP contribution is 2.30. The molecule has 1 atom stereocenters. The number of nitrogens with one attached hydrogen (secondary N) is 1. The van der Waals surface area contributed by atoms with Gasteiger partial charge in [-0.3, -0.25) is 9.78 Å². The lowest BCUT2D eigenvalue weighted by Gasteiger charge is -2.16. The number of ketones is 1. The van der Waals surface area contributed by atoms with Crippen LogP contribution in [0.5, 0.6) is 0 Å². The largest absolute Gasteiger partial charge is 0.334 e. The SMILES string of the molecule is C[C@@H](CC(=O)c1cc2c(cn1)ncn2C)c1cnc(Nc2cnc(C(C)(C)C)nc2)s1. The Morgan fingerprint density at radius 2 is 1.84 bits per heavy atom. The van der Waals surface area contributed by atoms with Crippen molar-refractivity contribution in [3.05, 3.63) is 53.6 Å². The van der Waals surface area contributed by atoms with Crippen LogP contribution < -0.4 is 5.32 Å². The fourth-order valence-corrected chi connectivity index (χ4v) is 4.03. The molecule has 0 fully saturated rings. The summed E-state index contributed by atoms with van der Waals surface area (Å²) < 4.78 is 1.89. The summed E-state index contributed by atoms with van der Waals surface area (Å²) in [5, 5.41) is 3.99. The van der Waals surface area contributed by atoms with Crippen LogP contribution in [0.4, 0.5) is 10.8 Å². The van der Waals surface area contributed by atoms with E-state index in [1.54, 1.807) is 31.0 Å². The number of anilines is 2. The molecule has 0 aromatic carbocycles. The van der Waals surface area contributed by atoms with E-state index >= 15 is 0 Å². The Balaban J connectivity index is 1.42. The van der Waals surface area contributed by atoms with Crippen LogP contribution in [0.15, 0.2) is 37.2 Å². The average molecular weight is 436 g/mol. The summed E-state index contributed by atoms with van der Waals surface area (Å²) in [6.07, 6.45) is 9.07. The van der Waals surface area contributed by atoms with Gasteiger partial charge in [0.15, 0.2) is 10.9 Å². The third kappa shape index (κ3) is 4.61. The van der Waals surface area contributed by atoms with Gasteiger partial charge in [0.1, 0.15) is 17.0 Å². The van der Waals surface area contributed by atoms with Crippen LogP contribution in [0.25, 0.3) is 11.0 Å². The molecule has 4 heterocycles. The van der Waals surface area contributed by atoms with E-state index < -0.39 is 0 Å². The van der Waals surface area contributed by atoms with E-state index in [2.05, 4.69) is 51.0 Å². The van der Waals surface area contributed by atoms with E-state index in [0.717, 1.165) is 32.6 Å². The zero-order chi connectivity index (χ0) is 22.2. The lowest BCUT2D eigenvalue weighted by Crippen LogP contribution is -2.15. The maximum Gasteiger partial charge on any atom is 0.187 e. The molecule has 0 radical (unpaired) electrons. The quantitative estimate of drug-likeness (QED) is 0.441. The minimum atomic E-state index is -0.0923. The van der Waals surface area contributed by atoms with Crippen molar-refractivity contribution in [2.24, 2.45) is 7.05 Å². The second kappa shape index (κ2) is 8.14. The molecule has 0 saturated carbocycles. The van der Waals surface area contributed by atoms with Gasteiger partial charge >= 0.3 is 0 Å². The Hall–Kier alpha value is -3.20. The molecular weight excluding hydrogens is 410 g/mol. The lowest BCUT2D eigenvalue weighted by atomic mass is 9.96. The van der Waals surface area contributed by atoms with Crippen molar-refractivity contribution in [2.45, 2.75) is 45.4 Å². The molecule has 9 heteroatoms. The monoisotopic (exact) mass is 435 g/mol. The number of nitrogens with zero attached hydrogens (tertiary/aromatic N) is 6. The van der Waals surface area contributed by atoms with Crippen molar-refractivity contribution >= 4 is 39.0 Å². The number of carbonyl (C=O) groups excluding carboxylic acids is 1. The number of aromatic nitrogens is 6. The Kier molecular flexibility index (Phi) is 5.53. The highest BCUT2D eigenvalue weighted by atomic mass is 32.1. The normalized spacial score (nSPS) is 12.8. The van der Waals surface area contributed by atoms with Crippen LogP contribution in [0.3, 0.4) is 0 Å². The smallest absolute Gasteiger partial charge is 0.187 e. The Labute approximate surface area is 184 Å². The van der Waals surface area contributed by atoms with Crippen LogP contribution >= 0.6 is 11.3 Å². The van der Waals surface area contributed by atoms with Crippen molar-refractivity contribution in [3.63, 3.8) is 0 Å². The third-order valence-corrected chi connectivity index (χ3v) is 6.12. The molecule has 0 aliphatic rings. The molecule has 160 valence electrons. The van der Waals surface area contributed by atoms with Crippen LogP contribution in [-0.4, -0.2) is 35.3 Å².